The predicted molar refractivity (Wildman–Crippen MR) is 313 cm³/mol. The van der Waals surface area contributed by atoms with E-state index in [0.29, 0.717) is 12.8 Å². The molecule has 0 aromatic carbocycles. The van der Waals surface area contributed by atoms with E-state index >= 15 is 0 Å². The van der Waals surface area contributed by atoms with Gasteiger partial charge in [0.15, 0.2) is 0 Å². The molecule has 0 aromatic rings. The van der Waals surface area contributed by atoms with Crippen molar-refractivity contribution in [1.82, 2.24) is 5.32 Å². The Morgan fingerprint density at radius 3 is 0.943 bits per heavy atom. The van der Waals surface area contributed by atoms with Crippen molar-refractivity contribution in [1.29, 1.82) is 0 Å². The first-order valence-electron chi connectivity index (χ1n) is 30.8. The fraction of sp³-hybridized carbons (Fsp3) is 0.773. The van der Waals surface area contributed by atoms with Crippen LogP contribution in [0.4, 0.5) is 0 Å². The molecular weight excluding hydrogens is 855 g/mol. The molecule has 0 aliphatic heterocycles. The third kappa shape index (κ3) is 56.5. The number of rotatable bonds is 56. The molecule has 0 aliphatic rings. The Hall–Kier alpha value is -2.43. The largest absolute Gasteiger partial charge is 0.394 e. The lowest BCUT2D eigenvalue weighted by Gasteiger charge is -2.22. The van der Waals surface area contributed by atoms with E-state index in [0.717, 1.165) is 70.6 Å². The van der Waals surface area contributed by atoms with Crippen LogP contribution in [0.15, 0.2) is 85.1 Å². The van der Waals surface area contributed by atoms with Crippen molar-refractivity contribution in [3.05, 3.63) is 85.1 Å². The van der Waals surface area contributed by atoms with Gasteiger partial charge in [-0.15, -0.1) is 0 Å². The van der Waals surface area contributed by atoms with Crippen molar-refractivity contribution in [2.45, 2.75) is 321 Å². The summed E-state index contributed by atoms with van der Waals surface area (Å²) in [6.45, 7) is 4.26. The maximum absolute atomic E-state index is 12.5. The molecule has 0 bridgehead atoms. The lowest BCUT2D eigenvalue weighted by atomic mass is 10.0. The monoisotopic (exact) mass is 974 g/mol. The van der Waals surface area contributed by atoms with Gasteiger partial charge in [0.2, 0.25) is 5.91 Å². The summed E-state index contributed by atoms with van der Waals surface area (Å²) in [5.74, 6) is -0.0284. The van der Waals surface area contributed by atoms with Crippen molar-refractivity contribution in [2.75, 3.05) is 6.61 Å². The number of amides is 1. The van der Waals surface area contributed by atoms with Crippen LogP contribution >= 0.6 is 0 Å². The summed E-state index contributed by atoms with van der Waals surface area (Å²) < 4.78 is 0. The second kappa shape index (κ2) is 60.9. The number of hydrogen-bond donors (Lipinski definition) is 3. The highest BCUT2D eigenvalue weighted by Crippen LogP contribution is 2.18. The Labute approximate surface area is 437 Å². The van der Waals surface area contributed by atoms with Crippen LogP contribution in [0.1, 0.15) is 309 Å². The second-order valence-corrected chi connectivity index (χ2v) is 20.7. The lowest BCUT2D eigenvalue weighted by Crippen LogP contribution is -2.45. The Bertz CT molecular complexity index is 1240. The first-order chi connectivity index (χ1) is 34.7. The molecule has 4 heteroatoms. The predicted octanol–water partition coefficient (Wildman–Crippen LogP) is 20.7. The lowest BCUT2D eigenvalue weighted by molar-refractivity contribution is -0.123. The van der Waals surface area contributed by atoms with Crippen LogP contribution in [0.2, 0.25) is 0 Å². The molecule has 406 valence electrons. The highest BCUT2D eigenvalue weighted by molar-refractivity contribution is 5.76. The third-order valence-electron chi connectivity index (χ3n) is 13.9. The summed E-state index contributed by atoms with van der Waals surface area (Å²) in [4.78, 5) is 12.5. The third-order valence-corrected chi connectivity index (χ3v) is 13.9. The average Bonchev–Trinajstić information content (AvgIpc) is 3.36. The van der Waals surface area contributed by atoms with E-state index in [-0.39, 0.29) is 12.5 Å². The second-order valence-electron chi connectivity index (χ2n) is 20.7. The maximum Gasteiger partial charge on any atom is 0.220 e. The molecule has 0 radical (unpaired) electrons. The van der Waals surface area contributed by atoms with Gasteiger partial charge in [-0.05, 0) is 70.6 Å². The number of hydrogen-bond acceptors (Lipinski definition) is 3. The van der Waals surface area contributed by atoms with Crippen LogP contribution in [-0.2, 0) is 4.79 Å². The van der Waals surface area contributed by atoms with Crippen LogP contribution in [0.3, 0.4) is 0 Å². The van der Waals surface area contributed by atoms with Gasteiger partial charge in [0.1, 0.15) is 0 Å². The Morgan fingerprint density at radius 2 is 0.629 bits per heavy atom. The normalized spacial score (nSPS) is 13.4. The number of allylic oxidation sites excluding steroid dienone is 14. The number of aliphatic hydroxyl groups is 2. The highest BCUT2D eigenvalue weighted by atomic mass is 16.3. The molecular formula is C66H119NO3. The fourth-order valence-electron chi connectivity index (χ4n) is 9.29. The van der Waals surface area contributed by atoms with Gasteiger partial charge in [0.05, 0.1) is 18.8 Å². The molecule has 2 atom stereocenters. The summed E-state index contributed by atoms with van der Waals surface area (Å²) in [6, 6.07) is -0.538. The highest BCUT2D eigenvalue weighted by Gasteiger charge is 2.20. The smallest absolute Gasteiger partial charge is 0.220 e. The van der Waals surface area contributed by atoms with Gasteiger partial charge in [-0.2, -0.15) is 0 Å². The van der Waals surface area contributed by atoms with Gasteiger partial charge < -0.3 is 15.5 Å². The van der Waals surface area contributed by atoms with Crippen molar-refractivity contribution in [2.24, 2.45) is 0 Å². The minimum Gasteiger partial charge on any atom is -0.394 e. The summed E-state index contributed by atoms with van der Waals surface area (Å²) in [5.41, 5.74) is 0. The summed E-state index contributed by atoms with van der Waals surface area (Å²) >= 11 is 0. The standard InChI is InChI=1S/C66H119NO3/c1-3-5-7-9-11-13-15-17-19-21-22-23-24-25-26-27-28-29-30-31-32-33-34-35-36-37-38-39-40-41-42-43-44-46-48-50-52-54-56-58-60-62-66(70)67-64(63-68)65(69)61-59-57-55-53-51-49-47-45-20-18-16-14-12-10-8-6-4-2/h5,7,11,13,17,19,22-23,25-26,28-29,31-32,64-65,68-69H,3-4,6,8-10,12,14-16,18,20-21,24,27,30,33-63H2,1-2H3,(H,67,70)/b7-5-,13-11-,19-17-,23-22-,26-25-,29-28-,32-31-. The van der Waals surface area contributed by atoms with Crippen LogP contribution in [0, 0.1) is 0 Å². The van der Waals surface area contributed by atoms with Gasteiger partial charge in [-0.1, -0.05) is 317 Å². The van der Waals surface area contributed by atoms with E-state index in [2.05, 4.69) is 104 Å². The zero-order valence-electron chi connectivity index (χ0n) is 46.8. The topological polar surface area (TPSA) is 69.6 Å². The Kier molecular flexibility index (Phi) is 58.8. The molecule has 4 nitrogen and oxygen atoms in total. The molecule has 0 aromatic heterocycles. The molecule has 0 aliphatic carbocycles. The van der Waals surface area contributed by atoms with Gasteiger partial charge in [0, 0.05) is 6.42 Å². The van der Waals surface area contributed by atoms with Crippen LogP contribution in [0.25, 0.3) is 0 Å². The van der Waals surface area contributed by atoms with E-state index in [1.54, 1.807) is 0 Å². The molecule has 0 heterocycles. The Morgan fingerprint density at radius 1 is 0.357 bits per heavy atom. The molecule has 0 saturated carbocycles. The van der Waals surface area contributed by atoms with Gasteiger partial charge in [-0.25, -0.2) is 0 Å². The number of carbonyl (C=O) groups is 1. The Balaban J connectivity index is 3.45. The number of unbranched alkanes of at least 4 members (excludes halogenated alkanes) is 35. The molecule has 0 spiro atoms. The molecule has 2 unspecified atom stereocenters. The minimum absolute atomic E-state index is 0.0284. The van der Waals surface area contributed by atoms with Gasteiger partial charge in [-0.3, -0.25) is 4.79 Å². The summed E-state index contributed by atoms with van der Waals surface area (Å²) in [7, 11) is 0. The van der Waals surface area contributed by atoms with E-state index in [1.165, 1.54) is 212 Å². The molecule has 0 saturated heterocycles. The molecule has 0 fully saturated rings. The van der Waals surface area contributed by atoms with Crippen LogP contribution in [-0.4, -0.2) is 34.9 Å². The van der Waals surface area contributed by atoms with Crippen LogP contribution in [0.5, 0.6) is 0 Å². The van der Waals surface area contributed by atoms with Gasteiger partial charge >= 0.3 is 0 Å². The van der Waals surface area contributed by atoms with E-state index in [1.807, 2.05) is 0 Å². The quantitative estimate of drug-likeness (QED) is 0.0420. The summed E-state index contributed by atoms with van der Waals surface area (Å²) in [6.07, 6.45) is 88.8. The SMILES string of the molecule is CC/C=C\C/C=C\C/C=C\C/C=C\C/C=C\C/C=C\C/C=C\CCCCCCCCCCCCCCCCCCCCCC(=O)NC(CO)C(O)CCCCCCCCCCCCCCCCCCC. The number of nitrogens with one attached hydrogen (secondary N) is 1. The fourth-order valence-corrected chi connectivity index (χ4v) is 9.29. The molecule has 0 rings (SSSR count). The van der Waals surface area contributed by atoms with Gasteiger partial charge in [0.25, 0.3) is 0 Å². The average molecular weight is 975 g/mol. The zero-order chi connectivity index (χ0) is 50.6. The first-order valence-corrected chi connectivity index (χ1v) is 30.8. The number of aliphatic hydroxyl groups excluding tert-OH is 2. The van der Waals surface area contributed by atoms with Crippen molar-refractivity contribution in [3.63, 3.8) is 0 Å². The molecule has 3 N–H and O–H groups in total. The van der Waals surface area contributed by atoms with E-state index in [9.17, 15) is 15.0 Å². The van der Waals surface area contributed by atoms with Crippen molar-refractivity contribution in [3.8, 4) is 0 Å². The minimum atomic E-state index is -0.661. The first kappa shape index (κ1) is 67.6. The zero-order valence-corrected chi connectivity index (χ0v) is 46.8. The molecule has 70 heavy (non-hydrogen) atoms. The maximum atomic E-state index is 12.5. The van der Waals surface area contributed by atoms with E-state index in [4.69, 9.17) is 0 Å². The van der Waals surface area contributed by atoms with E-state index < -0.39 is 12.1 Å². The molecule has 1 amide bonds. The summed E-state index contributed by atoms with van der Waals surface area (Å²) in [5, 5.41) is 23.3. The number of carbonyl (C=O) groups excluding carboxylic acids is 1. The van der Waals surface area contributed by atoms with Crippen molar-refractivity contribution >= 4 is 5.91 Å². The van der Waals surface area contributed by atoms with Crippen LogP contribution < -0.4 is 5.32 Å². The van der Waals surface area contributed by atoms with Crippen molar-refractivity contribution < 1.29 is 15.0 Å².